The maximum Gasteiger partial charge on any atom is 0.220 e. The first-order valence-electron chi connectivity index (χ1n) is 3.71. The predicted octanol–water partition coefficient (Wildman–Crippen LogP) is -0.140. The van der Waals surface area contributed by atoms with Crippen molar-refractivity contribution in [2.24, 2.45) is 11.7 Å². The lowest BCUT2D eigenvalue weighted by atomic mass is 9.93. The van der Waals surface area contributed by atoms with E-state index < -0.39 is 0 Å². The van der Waals surface area contributed by atoms with Gasteiger partial charge in [-0.25, -0.2) is 0 Å². The molecule has 1 amide bonds. The molecule has 0 unspecified atom stereocenters. The van der Waals surface area contributed by atoms with Crippen molar-refractivity contribution in [2.45, 2.75) is 25.8 Å². The third-order valence-corrected chi connectivity index (χ3v) is 1.90. The number of amides is 1. The van der Waals surface area contributed by atoms with Crippen LogP contribution in [0.4, 0.5) is 0 Å². The summed E-state index contributed by atoms with van der Waals surface area (Å²) in [6, 6.07) is 0.315. The summed E-state index contributed by atoms with van der Waals surface area (Å²) in [6.45, 7) is 2.65. The predicted molar refractivity (Wildman–Crippen MR) is 39.4 cm³/mol. The number of piperidine rings is 1. The van der Waals surface area contributed by atoms with Crippen molar-refractivity contribution in [3.63, 3.8) is 0 Å². The summed E-state index contributed by atoms with van der Waals surface area (Å²) in [5, 5.41) is 2.85. The molecule has 2 atom stereocenters. The van der Waals surface area contributed by atoms with Crippen molar-refractivity contribution < 1.29 is 4.79 Å². The molecule has 0 aromatic rings. The molecule has 0 radical (unpaired) electrons. The van der Waals surface area contributed by atoms with Crippen LogP contribution >= 0.6 is 0 Å². The van der Waals surface area contributed by atoms with E-state index in [1.54, 1.807) is 0 Å². The molecule has 10 heavy (non-hydrogen) atoms. The Labute approximate surface area is 61.0 Å². The number of nitrogens with one attached hydrogen (secondary N) is 1. The molecular formula is C7H14N2O. The molecule has 3 N–H and O–H groups in total. The summed E-state index contributed by atoms with van der Waals surface area (Å²) in [4.78, 5) is 10.9. The summed E-state index contributed by atoms with van der Waals surface area (Å²) in [5.74, 6) is 0.554. The maximum absolute atomic E-state index is 10.9. The highest BCUT2D eigenvalue weighted by molar-refractivity contribution is 5.77. The van der Waals surface area contributed by atoms with Gasteiger partial charge in [-0.1, -0.05) is 0 Å². The zero-order valence-corrected chi connectivity index (χ0v) is 6.26. The Bertz CT molecular complexity index is 136. The number of hydrogen-bond donors (Lipinski definition) is 2. The lowest BCUT2D eigenvalue weighted by Gasteiger charge is -2.26. The molecule has 0 saturated carbocycles. The van der Waals surface area contributed by atoms with Gasteiger partial charge in [0.1, 0.15) is 0 Å². The van der Waals surface area contributed by atoms with Gasteiger partial charge in [0.15, 0.2) is 0 Å². The highest BCUT2D eigenvalue weighted by atomic mass is 16.1. The van der Waals surface area contributed by atoms with Gasteiger partial charge in [-0.15, -0.1) is 0 Å². The van der Waals surface area contributed by atoms with E-state index in [4.69, 9.17) is 5.73 Å². The zero-order valence-electron chi connectivity index (χ0n) is 6.26. The number of nitrogens with two attached hydrogens (primary N) is 1. The van der Waals surface area contributed by atoms with Gasteiger partial charge >= 0.3 is 0 Å². The molecule has 1 heterocycles. The Morgan fingerprint density at radius 1 is 1.80 bits per heavy atom. The number of rotatable bonds is 1. The van der Waals surface area contributed by atoms with Crippen LogP contribution in [0.25, 0.3) is 0 Å². The Morgan fingerprint density at radius 2 is 2.50 bits per heavy atom. The van der Waals surface area contributed by atoms with Gasteiger partial charge in [-0.05, 0) is 25.8 Å². The van der Waals surface area contributed by atoms with Crippen LogP contribution in [-0.2, 0) is 4.79 Å². The molecular weight excluding hydrogens is 128 g/mol. The second-order valence-corrected chi connectivity index (χ2v) is 3.01. The second kappa shape index (κ2) is 3.01. The van der Waals surface area contributed by atoms with E-state index in [0.29, 0.717) is 24.9 Å². The van der Waals surface area contributed by atoms with Gasteiger partial charge in [-0.3, -0.25) is 4.79 Å². The Morgan fingerprint density at radius 3 is 3.00 bits per heavy atom. The van der Waals surface area contributed by atoms with Crippen molar-refractivity contribution >= 4 is 5.91 Å². The summed E-state index contributed by atoms with van der Waals surface area (Å²) in [7, 11) is 0. The first kappa shape index (κ1) is 7.54. The standard InChI is InChI=1S/C7H14N2O/c1-5-2-6(4-8)3-7(10)9-5/h5-6H,2-4,8H2,1H3,(H,9,10)/t5-,6-/m0/s1. The van der Waals surface area contributed by atoms with Gasteiger partial charge in [0.2, 0.25) is 5.91 Å². The van der Waals surface area contributed by atoms with Crippen LogP contribution in [0.5, 0.6) is 0 Å². The van der Waals surface area contributed by atoms with Crippen molar-refractivity contribution in [1.82, 2.24) is 5.32 Å². The highest BCUT2D eigenvalue weighted by Crippen LogP contribution is 2.14. The molecule has 1 fully saturated rings. The summed E-state index contributed by atoms with van der Waals surface area (Å²) < 4.78 is 0. The Balaban J connectivity index is 2.42. The van der Waals surface area contributed by atoms with E-state index in [9.17, 15) is 4.79 Å². The van der Waals surface area contributed by atoms with Crippen molar-refractivity contribution in [2.75, 3.05) is 6.54 Å². The smallest absolute Gasteiger partial charge is 0.220 e. The van der Waals surface area contributed by atoms with E-state index in [1.165, 1.54) is 0 Å². The minimum Gasteiger partial charge on any atom is -0.354 e. The lowest BCUT2D eigenvalue weighted by molar-refractivity contribution is -0.124. The SMILES string of the molecule is C[C@H]1C[C@H](CN)CC(=O)N1. The van der Waals surface area contributed by atoms with Crippen molar-refractivity contribution in [3.05, 3.63) is 0 Å². The molecule has 0 aliphatic carbocycles. The van der Waals surface area contributed by atoms with Crippen LogP contribution in [0.3, 0.4) is 0 Å². The lowest BCUT2D eigenvalue weighted by Crippen LogP contribution is -2.42. The molecule has 0 aromatic carbocycles. The molecule has 0 bridgehead atoms. The first-order valence-corrected chi connectivity index (χ1v) is 3.71. The number of carbonyl (C=O) groups is 1. The van der Waals surface area contributed by atoms with E-state index in [1.807, 2.05) is 6.92 Å². The zero-order chi connectivity index (χ0) is 7.56. The molecule has 1 saturated heterocycles. The largest absolute Gasteiger partial charge is 0.354 e. The normalized spacial score (nSPS) is 33.6. The average molecular weight is 142 g/mol. The Hall–Kier alpha value is -0.570. The van der Waals surface area contributed by atoms with Gasteiger partial charge in [0.05, 0.1) is 0 Å². The molecule has 58 valence electrons. The van der Waals surface area contributed by atoms with Gasteiger partial charge in [0.25, 0.3) is 0 Å². The molecule has 3 nitrogen and oxygen atoms in total. The van der Waals surface area contributed by atoms with Crippen molar-refractivity contribution in [1.29, 1.82) is 0 Å². The third-order valence-electron chi connectivity index (χ3n) is 1.90. The maximum atomic E-state index is 10.9. The van der Waals surface area contributed by atoms with Crippen LogP contribution < -0.4 is 11.1 Å². The van der Waals surface area contributed by atoms with Crippen LogP contribution in [0.2, 0.25) is 0 Å². The van der Waals surface area contributed by atoms with E-state index in [-0.39, 0.29) is 5.91 Å². The number of hydrogen-bond acceptors (Lipinski definition) is 2. The first-order chi connectivity index (χ1) is 4.72. The monoisotopic (exact) mass is 142 g/mol. The van der Waals surface area contributed by atoms with Gasteiger partial charge < -0.3 is 11.1 Å². The topological polar surface area (TPSA) is 55.1 Å². The van der Waals surface area contributed by atoms with E-state index in [2.05, 4.69) is 5.32 Å². The minimum absolute atomic E-state index is 0.147. The molecule has 0 aromatic heterocycles. The van der Waals surface area contributed by atoms with Gasteiger partial charge in [-0.2, -0.15) is 0 Å². The average Bonchev–Trinajstić information content (AvgIpc) is 1.85. The molecule has 1 rings (SSSR count). The van der Waals surface area contributed by atoms with E-state index >= 15 is 0 Å². The number of carbonyl (C=O) groups excluding carboxylic acids is 1. The van der Waals surface area contributed by atoms with E-state index in [0.717, 1.165) is 6.42 Å². The molecule has 0 spiro atoms. The van der Waals surface area contributed by atoms with Crippen LogP contribution in [0, 0.1) is 5.92 Å². The third kappa shape index (κ3) is 1.70. The van der Waals surface area contributed by atoms with Crippen LogP contribution in [0.1, 0.15) is 19.8 Å². The fraction of sp³-hybridized carbons (Fsp3) is 0.857. The molecule has 1 aliphatic rings. The second-order valence-electron chi connectivity index (χ2n) is 3.01. The quantitative estimate of drug-likeness (QED) is 0.535. The summed E-state index contributed by atoms with van der Waals surface area (Å²) in [5.41, 5.74) is 5.45. The van der Waals surface area contributed by atoms with Gasteiger partial charge in [0, 0.05) is 12.5 Å². The van der Waals surface area contributed by atoms with Crippen molar-refractivity contribution in [3.8, 4) is 0 Å². The molecule has 3 heteroatoms. The Kier molecular flexibility index (Phi) is 2.27. The molecule has 1 aliphatic heterocycles. The fourth-order valence-corrected chi connectivity index (χ4v) is 1.42. The minimum atomic E-state index is 0.147. The van der Waals surface area contributed by atoms with Crippen LogP contribution in [-0.4, -0.2) is 18.5 Å². The highest BCUT2D eigenvalue weighted by Gasteiger charge is 2.21. The summed E-state index contributed by atoms with van der Waals surface area (Å²) in [6.07, 6.45) is 1.64. The summed E-state index contributed by atoms with van der Waals surface area (Å²) >= 11 is 0. The van der Waals surface area contributed by atoms with Crippen LogP contribution in [0.15, 0.2) is 0 Å². The fourth-order valence-electron chi connectivity index (χ4n) is 1.42.